The Morgan fingerprint density at radius 2 is 1.36 bits per heavy atom. The molecule has 3 rings (SSSR count). The Balaban J connectivity index is 1.90. The highest BCUT2D eigenvalue weighted by Crippen LogP contribution is 2.25. The minimum Gasteiger partial charge on any atom is -0.378 e. The lowest BCUT2D eigenvalue weighted by molar-refractivity contribution is 0.0969. The standard InChI is InChI=1S/C22H22N2O/c1-24(2)20-15-13-19(14-16-20)23-21(17-9-5-3-6-10-17)22(25)18-11-7-4-8-12-18/h3-16,21,23H,1-2H3. The van der Waals surface area contributed by atoms with E-state index in [1.54, 1.807) is 0 Å². The van der Waals surface area contributed by atoms with Crippen molar-refractivity contribution in [3.63, 3.8) is 0 Å². The molecule has 25 heavy (non-hydrogen) atoms. The summed E-state index contributed by atoms with van der Waals surface area (Å²) in [6.07, 6.45) is 0. The number of ketones is 1. The number of benzene rings is 3. The molecule has 3 aromatic rings. The van der Waals surface area contributed by atoms with Crippen molar-refractivity contribution < 1.29 is 4.79 Å². The first kappa shape index (κ1) is 16.8. The molecule has 0 heterocycles. The lowest BCUT2D eigenvalue weighted by Crippen LogP contribution is -2.21. The van der Waals surface area contributed by atoms with Crippen LogP contribution in [0.5, 0.6) is 0 Å². The van der Waals surface area contributed by atoms with Gasteiger partial charge in [-0.25, -0.2) is 0 Å². The van der Waals surface area contributed by atoms with Crippen LogP contribution in [0.1, 0.15) is 22.0 Å². The number of Topliss-reactive ketones (excluding diaryl/α,β-unsaturated/α-hetero) is 1. The van der Waals surface area contributed by atoms with Crippen LogP contribution in [0.3, 0.4) is 0 Å². The second-order valence-electron chi connectivity index (χ2n) is 6.16. The molecule has 1 atom stereocenters. The van der Waals surface area contributed by atoms with Gasteiger partial charge in [-0.05, 0) is 29.8 Å². The second-order valence-corrected chi connectivity index (χ2v) is 6.16. The molecule has 3 nitrogen and oxygen atoms in total. The zero-order valence-corrected chi connectivity index (χ0v) is 14.5. The fraction of sp³-hybridized carbons (Fsp3) is 0.136. The lowest BCUT2D eigenvalue weighted by Gasteiger charge is -2.20. The number of nitrogens with one attached hydrogen (secondary N) is 1. The molecule has 0 aliphatic rings. The topological polar surface area (TPSA) is 32.3 Å². The summed E-state index contributed by atoms with van der Waals surface area (Å²) in [6, 6.07) is 26.9. The van der Waals surface area contributed by atoms with Crippen LogP contribution in [0, 0.1) is 0 Å². The molecule has 1 N–H and O–H groups in total. The molecule has 126 valence electrons. The van der Waals surface area contributed by atoms with E-state index in [-0.39, 0.29) is 5.78 Å². The molecule has 3 heteroatoms. The van der Waals surface area contributed by atoms with Crippen molar-refractivity contribution in [3.8, 4) is 0 Å². The number of hydrogen-bond acceptors (Lipinski definition) is 3. The van der Waals surface area contributed by atoms with Crippen molar-refractivity contribution in [2.75, 3.05) is 24.3 Å². The predicted octanol–water partition coefficient (Wildman–Crippen LogP) is 4.79. The van der Waals surface area contributed by atoms with E-state index in [9.17, 15) is 4.79 Å². The molecule has 0 amide bonds. The van der Waals surface area contributed by atoms with Crippen molar-refractivity contribution in [1.82, 2.24) is 0 Å². The van der Waals surface area contributed by atoms with E-state index in [1.807, 2.05) is 104 Å². The maximum atomic E-state index is 13.1. The average molecular weight is 330 g/mol. The Morgan fingerprint density at radius 1 is 0.800 bits per heavy atom. The molecular formula is C22H22N2O. The van der Waals surface area contributed by atoms with Crippen molar-refractivity contribution in [2.24, 2.45) is 0 Å². The molecule has 0 fully saturated rings. The van der Waals surface area contributed by atoms with E-state index in [1.165, 1.54) is 0 Å². The first-order valence-electron chi connectivity index (χ1n) is 8.33. The molecular weight excluding hydrogens is 308 g/mol. The van der Waals surface area contributed by atoms with E-state index >= 15 is 0 Å². The summed E-state index contributed by atoms with van der Waals surface area (Å²) in [6.45, 7) is 0. The van der Waals surface area contributed by atoms with Gasteiger partial charge in [0.2, 0.25) is 0 Å². The van der Waals surface area contributed by atoms with Gasteiger partial charge >= 0.3 is 0 Å². The zero-order valence-electron chi connectivity index (χ0n) is 14.5. The van der Waals surface area contributed by atoms with E-state index in [0.29, 0.717) is 5.56 Å². The predicted molar refractivity (Wildman–Crippen MR) is 104 cm³/mol. The molecule has 0 aliphatic heterocycles. The summed E-state index contributed by atoms with van der Waals surface area (Å²) in [5.41, 5.74) is 3.70. The molecule has 3 aromatic carbocycles. The van der Waals surface area contributed by atoms with Gasteiger partial charge in [0, 0.05) is 31.0 Å². The van der Waals surface area contributed by atoms with E-state index in [2.05, 4.69) is 5.32 Å². The zero-order chi connectivity index (χ0) is 17.6. The number of rotatable bonds is 6. The minimum absolute atomic E-state index is 0.0588. The lowest BCUT2D eigenvalue weighted by atomic mass is 9.97. The van der Waals surface area contributed by atoms with Crippen molar-refractivity contribution in [1.29, 1.82) is 0 Å². The Hall–Kier alpha value is -3.07. The second kappa shape index (κ2) is 7.67. The Morgan fingerprint density at radius 3 is 1.92 bits per heavy atom. The summed E-state index contributed by atoms with van der Waals surface area (Å²) in [5.74, 6) is 0.0588. The maximum absolute atomic E-state index is 13.1. The van der Waals surface area contributed by atoms with Crippen LogP contribution in [0.25, 0.3) is 0 Å². The van der Waals surface area contributed by atoms with Gasteiger partial charge in [-0.1, -0.05) is 60.7 Å². The molecule has 0 radical (unpaired) electrons. The number of carbonyl (C=O) groups is 1. The van der Waals surface area contributed by atoms with Gasteiger partial charge in [0.15, 0.2) is 5.78 Å². The number of carbonyl (C=O) groups excluding carboxylic acids is 1. The highest BCUT2D eigenvalue weighted by atomic mass is 16.1. The van der Waals surface area contributed by atoms with Gasteiger partial charge in [0.25, 0.3) is 0 Å². The van der Waals surface area contributed by atoms with Crippen LogP contribution in [-0.2, 0) is 0 Å². The van der Waals surface area contributed by atoms with Crippen LogP contribution >= 0.6 is 0 Å². The van der Waals surface area contributed by atoms with Crippen LogP contribution in [0.2, 0.25) is 0 Å². The first-order chi connectivity index (χ1) is 12.1. The summed E-state index contributed by atoms with van der Waals surface area (Å²) < 4.78 is 0. The van der Waals surface area contributed by atoms with Crippen molar-refractivity contribution in [3.05, 3.63) is 96.1 Å². The molecule has 0 bridgehead atoms. The van der Waals surface area contributed by atoms with Gasteiger partial charge in [-0.2, -0.15) is 0 Å². The fourth-order valence-electron chi connectivity index (χ4n) is 2.74. The summed E-state index contributed by atoms with van der Waals surface area (Å²) in [7, 11) is 4.02. The molecule has 0 aromatic heterocycles. The molecule has 0 spiro atoms. The highest BCUT2D eigenvalue weighted by molar-refractivity contribution is 6.02. The Labute approximate surface area is 148 Å². The molecule has 0 saturated carbocycles. The summed E-state index contributed by atoms with van der Waals surface area (Å²) >= 11 is 0. The van der Waals surface area contributed by atoms with Gasteiger partial charge in [-0.15, -0.1) is 0 Å². The van der Waals surface area contributed by atoms with E-state index in [0.717, 1.165) is 16.9 Å². The third-order valence-electron chi connectivity index (χ3n) is 4.15. The van der Waals surface area contributed by atoms with Crippen LogP contribution < -0.4 is 10.2 Å². The molecule has 1 unspecified atom stereocenters. The maximum Gasteiger partial charge on any atom is 0.189 e. The number of nitrogens with zero attached hydrogens (tertiary/aromatic N) is 1. The SMILES string of the molecule is CN(C)c1ccc(NC(C(=O)c2ccccc2)c2ccccc2)cc1. The quantitative estimate of drug-likeness (QED) is 0.660. The van der Waals surface area contributed by atoms with Crippen molar-refractivity contribution in [2.45, 2.75) is 6.04 Å². The highest BCUT2D eigenvalue weighted by Gasteiger charge is 2.21. The minimum atomic E-state index is -0.422. The Bertz CT molecular complexity index is 812. The first-order valence-corrected chi connectivity index (χ1v) is 8.33. The number of hydrogen-bond donors (Lipinski definition) is 1. The third kappa shape index (κ3) is 4.07. The smallest absolute Gasteiger partial charge is 0.189 e. The summed E-state index contributed by atoms with van der Waals surface area (Å²) in [5, 5.41) is 3.39. The summed E-state index contributed by atoms with van der Waals surface area (Å²) in [4.78, 5) is 15.1. The monoisotopic (exact) mass is 330 g/mol. The van der Waals surface area contributed by atoms with Gasteiger partial charge in [0.05, 0.1) is 0 Å². The Kier molecular flexibility index (Phi) is 5.14. The fourth-order valence-corrected chi connectivity index (χ4v) is 2.74. The van der Waals surface area contributed by atoms with Crippen molar-refractivity contribution >= 4 is 17.2 Å². The van der Waals surface area contributed by atoms with Gasteiger partial charge in [-0.3, -0.25) is 4.79 Å². The molecule has 0 saturated heterocycles. The largest absolute Gasteiger partial charge is 0.378 e. The van der Waals surface area contributed by atoms with Crippen LogP contribution in [-0.4, -0.2) is 19.9 Å². The third-order valence-corrected chi connectivity index (χ3v) is 4.15. The van der Waals surface area contributed by atoms with Crippen LogP contribution in [0.4, 0.5) is 11.4 Å². The number of anilines is 2. The normalized spacial score (nSPS) is 11.6. The average Bonchev–Trinajstić information content (AvgIpc) is 2.67. The van der Waals surface area contributed by atoms with Gasteiger partial charge < -0.3 is 10.2 Å². The van der Waals surface area contributed by atoms with Crippen LogP contribution in [0.15, 0.2) is 84.9 Å². The molecule has 0 aliphatic carbocycles. The van der Waals surface area contributed by atoms with Gasteiger partial charge in [0.1, 0.15) is 6.04 Å². The van der Waals surface area contributed by atoms with E-state index < -0.39 is 6.04 Å². The van der Waals surface area contributed by atoms with E-state index in [4.69, 9.17) is 0 Å².